The van der Waals surface area contributed by atoms with Crippen LogP contribution in [-0.2, 0) is 11.3 Å². The van der Waals surface area contributed by atoms with Gasteiger partial charge in [-0.05, 0) is 23.8 Å². The molecular formula is C11H12N2O. The topological polar surface area (TPSA) is 27.1 Å². The van der Waals surface area contributed by atoms with Crippen molar-refractivity contribution in [2.45, 2.75) is 6.61 Å². The average molecular weight is 188 g/mol. The van der Waals surface area contributed by atoms with E-state index in [0.29, 0.717) is 6.61 Å². The summed E-state index contributed by atoms with van der Waals surface area (Å²) in [7, 11) is 1.70. The summed E-state index contributed by atoms with van der Waals surface area (Å²) in [6.45, 7) is 0.652. The Hall–Kier alpha value is -1.61. The molecule has 0 atom stereocenters. The van der Waals surface area contributed by atoms with Crippen molar-refractivity contribution in [3.8, 4) is 5.69 Å². The SMILES string of the molecule is COCc1ccc(-n2cccn2)cc1. The quantitative estimate of drug-likeness (QED) is 0.736. The fourth-order valence-corrected chi connectivity index (χ4v) is 1.33. The summed E-state index contributed by atoms with van der Waals surface area (Å²) in [5.74, 6) is 0. The van der Waals surface area contributed by atoms with Crippen molar-refractivity contribution >= 4 is 0 Å². The summed E-state index contributed by atoms with van der Waals surface area (Å²) >= 11 is 0. The van der Waals surface area contributed by atoms with E-state index in [-0.39, 0.29) is 0 Å². The lowest BCUT2D eigenvalue weighted by Gasteiger charge is -2.03. The molecule has 0 bridgehead atoms. The minimum Gasteiger partial charge on any atom is -0.380 e. The third kappa shape index (κ3) is 1.83. The van der Waals surface area contributed by atoms with Gasteiger partial charge < -0.3 is 4.74 Å². The summed E-state index contributed by atoms with van der Waals surface area (Å²) in [6, 6.07) is 10.0. The Kier molecular flexibility index (Phi) is 2.60. The standard InChI is InChI=1S/C11H12N2O/c1-14-9-10-3-5-11(6-4-10)13-8-2-7-12-13/h2-8H,9H2,1H3. The second-order valence-corrected chi connectivity index (χ2v) is 3.05. The zero-order chi connectivity index (χ0) is 9.80. The molecule has 3 heteroatoms. The van der Waals surface area contributed by atoms with Crippen LogP contribution in [0.2, 0.25) is 0 Å². The number of rotatable bonds is 3. The third-order valence-corrected chi connectivity index (χ3v) is 2.02. The molecule has 0 aliphatic heterocycles. The number of benzene rings is 1. The largest absolute Gasteiger partial charge is 0.380 e. The highest BCUT2D eigenvalue weighted by molar-refractivity contribution is 5.33. The van der Waals surface area contributed by atoms with Gasteiger partial charge in [0.1, 0.15) is 0 Å². The fourth-order valence-electron chi connectivity index (χ4n) is 1.33. The maximum absolute atomic E-state index is 5.04. The van der Waals surface area contributed by atoms with E-state index in [9.17, 15) is 0 Å². The molecular weight excluding hydrogens is 176 g/mol. The van der Waals surface area contributed by atoms with E-state index in [2.05, 4.69) is 5.10 Å². The lowest BCUT2D eigenvalue weighted by Crippen LogP contribution is -1.94. The molecule has 0 spiro atoms. The number of hydrogen-bond donors (Lipinski definition) is 0. The summed E-state index contributed by atoms with van der Waals surface area (Å²) < 4.78 is 6.87. The molecule has 0 radical (unpaired) electrons. The van der Waals surface area contributed by atoms with Crippen molar-refractivity contribution in [1.82, 2.24) is 9.78 Å². The predicted octanol–water partition coefficient (Wildman–Crippen LogP) is 2.02. The molecule has 1 aromatic carbocycles. The molecule has 1 aromatic heterocycles. The second-order valence-electron chi connectivity index (χ2n) is 3.05. The lowest BCUT2D eigenvalue weighted by molar-refractivity contribution is 0.185. The zero-order valence-electron chi connectivity index (χ0n) is 8.05. The third-order valence-electron chi connectivity index (χ3n) is 2.02. The minimum atomic E-state index is 0.652. The van der Waals surface area contributed by atoms with E-state index in [0.717, 1.165) is 5.69 Å². The van der Waals surface area contributed by atoms with Gasteiger partial charge >= 0.3 is 0 Å². The maximum Gasteiger partial charge on any atom is 0.0713 e. The van der Waals surface area contributed by atoms with Gasteiger partial charge in [0, 0.05) is 19.5 Å². The molecule has 14 heavy (non-hydrogen) atoms. The Labute approximate surface area is 82.9 Å². The zero-order valence-corrected chi connectivity index (χ0v) is 8.05. The van der Waals surface area contributed by atoms with Crippen molar-refractivity contribution in [3.63, 3.8) is 0 Å². The van der Waals surface area contributed by atoms with Gasteiger partial charge in [0.15, 0.2) is 0 Å². The van der Waals surface area contributed by atoms with E-state index >= 15 is 0 Å². The first-order chi connectivity index (χ1) is 6.90. The molecule has 2 rings (SSSR count). The molecule has 1 heterocycles. The number of nitrogens with zero attached hydrogens (tertiary/aromatic N) is 2. The highest BCUT2D eigenvalue weighted by Crippen LogP contribution is 2.08. The van der Waals surface area contributed by atoms with Crippen molar-refractivity contribution in [1.29, 1.82) is 0 Å². The van der Waals surface area contributed by atoms with Crippen LogP contribution in [0.5, 0.6) is 0 Å². The van der Waals surface area contributed by atoms with Crippen LogP contribution in [0.15, 0.2) is 42.7 Å². The number of aromatic nitrogens is 2. The van der Waals surface area contributed by atoms with Crippen molar-refractivity contribution in [2.75, 3.05) is 7.11 Å². The van der Waals surface area contributed by atoms with E-state index in [1.54, 1.807) is 13.3 Å². The van der Waals surface area contributed by atoms with Gasteiger partial charge in [0.05, 0.1) is 12.3 Å². The molecule has 0 saturated carbocycles. The maximum atomic E-state index is 5.04. The Morgan fingerprint density at radius 1 is 1.29 bits per heavy atom. The molecule has 2 aromatic rings. The summed E-state index contributed by atoms with van der Waals surface area (Å²) in [5.41, 5.74) is 2.23. The lowest BCUT2D eigenvalue weighted by atomic mass is 10.2. The van der Waals surface area contributed by atoms with Crippen LogP contribution in [0, 0.1) is 0 Å². The molecule has 72 valence electrons. The number of ether oxygens (including phenoxy) is 1. The van der Waals surface area contributed by atoms with Gasteiger partial charge in [-0.2, -0.15) is 5.10 Å². The first-order valence-electron chi connectivity index (χ1n) is 4.48. The van der Waals surface area contributed by atoms with Gasteiger partial charge in [-0.25, -0.2) is 4.68 Å². The van der Waals surface area contributed by atoms with Crippen LogP contribution >= 0.6 is 0 Å². The van der Waals surface area contributed by atoms with Crippen molar-refractivity contribution in [2.24, 2.45) is 0 Å². The molecule has 0 N–H and O–H groups in total. The Morgan fingerprint density at radius 2 is 2.07 bits per heavy atom. The smallest absolute Gasteiger partial charge is 0.0713 e. The number of hydrogen-bond acceptors (Lipinski definition) is 2. The van der Waals surface area contributed by atoms with Crippen LogP contribution in [0.25, 0.3) is 5.69 Å². The van der Waals surface area contributed by atoms with Crippen LogP contribution in [0.4, 0.5) is 0 Å². The molecule has 0 aliphatic rings. The van der Waals surface area contributed by atoms with Gasteiger partial charge in [0.2, 0.25) is 0 Å². The number of methoxy groups -OCH3 is 1. The van der Waals surface area contributed by atoms with E-state index < -0.39 is 0 Å². The fraction of sp³-hybridized carbons (Fsp3) is 0.182. The molecule has 3 nitrogen and oxygen atoms in total. The van der Waals surface area contributed by atoms with E-state index in [1.165, 1.54) is 5.56 Å². The van der Waals surface area contributed by atoms with Gasteiger partial charge in [-0.1, -0.05) is 12.1 Å². The van der Waals surface area contributed by atoms with Gasteiger partial charge in [-0.3, -0.25) is 0 Å². The Bertz CT molecular complexity index is 378. The van der Waals surface area contributed by atoms with Crippen molar-refractivity contribution < 1.29 is 4.74 Å². The van der Waals surface area contributed by atoms with E-state index in [1.807, 2.05) is 41.2 Å². The first kappa shape index (κ1) is 8.97. The highest BCUT2D eigenvalue weighted by atomic mass is 16.5. The molecule has 0 unspecified atom stereocenters. The van der Waals surface area contributed by atoms with Crippen LogP contribution in [-0.4, -0.2) is 16.9 Å². The van der Waals surface area contributed by atoms with Crippen LogP contribution < -0.4 is 0 Å². The summed E-state index contributed by atoms with van der Waals surface area (Å²) in [4.78, 5) is 0. The Balaban J connectivity index is 2.22. The monoisotopic (exact) mass is 188 g/mol. The van der Waals surface area contributed by atoms with Crippen molar-refractivity contribution in [3.05, 3.63) is 48.3 Å². The van der Waals surface area contributed by atoms with Gasteiger partial charge in [-0.15, -0.1) is 0 Å². The molecule has 0 fully saturated rings. The van der Waals surface area contributed by atoms with Crippen LogP contribution in [0.1, 0.15) is 5.56 Å². The van der Waals surface area contributed by atoms with Crippen LogP contribution in [0.3, 0.4) is 0 Å². The molecule has 0 saturated heterocycles. The predicted molar refractivity (Wildman–Crippen MR) is 54.3 cm³/mol. The average Bonchev–Trinajstić information content (AvgIpc) is 2.72. The van der Waals surface area contributed by atoms with E-state index in [4.69, 9.17) is 4.74 Å². The highest BCUT2D eigenvalue weighted by Gasteiger charge is 1.95. The summed E-state index contributed by atoms with van der Waals surface area (Å²) in [6.07, 6.45) is 3.69. The normalized spacial score (nSPS) is 10.4. The molecule has 0 amide bonds. The first-order valence-corrected chi connectivity index (χ1v) is 4.48. The minimum absolute atomic E-state index is 0.652. The summed E-state index contributed by atoms with van der Waals surface area (Å²) in [5, 5.41) is 4.15. The second kappa shape index (κ2) is 4.07. The Morgan fingerprint density at radius 3 is 2.64 bits per heavy atom. The van der Waals surface area contributed by atoms with Gasteiger partial charge in [0.25, 0.3) is 0 Å². The molecule has 0 aliphatic carbocycles.